The molecule has 0 bridgehead atoms. The Bertz CT molecular complexity index is 168. The molecule has 2 atom stereocenters. The quantitative estimate of drug-likeness (QED) is 0.748. The van der Waals surface area contributed by atoms with E-state index in [1.807, 2.05) is 0 Å². The van der Waals surface area contributed by atoms with Gasteiger partial charge in [0.1, 0.15) is 0 Å². The number of hydrogen-bond acceptors (Lipinski definition) is 1. The lowest BCUT2D eigenvalue weighted by Crippen LogP contribution is -2.42. The van der Waals surface area contributed by atoms with E-state index < -0.39 is 0 Å². The monoisotopic (exact) mass is 211 g/mol. The first kappa shape index (κ1) is 13.0. The minimum atomic E-state index is 0.734. The van der Waals surface area contributed by atoms with Crippen LogP contribution in [0.2, 0.25) is 0 Å². The lowest BCUT2D eigenvalue weighted by molar-refractivity contribution is 0.172. The fraction of sp³-hybridized carbons (Fsp3) is 1.00. The molecule has 1 aliphatic rings. The predicted octanol–water partition coefficient (Wildman–Crippen LogP) is 3.69. The van der Waals surface area contributed by atoms with Gasteiger partial charge < -0.3 is 5.32 Å². The van der Waals surface area contributed by atoms with Crippen molar-refractivity contribution in [1.29, 1.82) is 0 Å². The van der Waals surface area contributed by atoms with Crippen LogP contribution in [0.5, 0.6) is 0 Å². The molecule has 1 heteroatoms. The second-order valence-electron chi connectivity index (χ2n) is 5.94. The second kappa shape index (κ2) is 5.89. The van der Waals surface area contributed by atoms with Crippen molar-refractivity contribution >= 4 is 0 Å². The fourth-order valence-corrected chi connectivity index (χ4v) is 2.99. The molecular weight excluding hydrogens is 182 g/mol. The molecule has 1 fully saturated rings. The Morgan fingerprint density at radius 1 is 1.00 bits per heavy atom. The molecule has 0 aromatic rings. The van der Waals surface area contributed by atoms with Crippen LogP contribution in [0.25, 0.3) is 0 Å². The Morgan fingerprint density at radius 3 is 1.93 bits per heavy atom. The normalized spacial score (nSPS) is 31.6. The van der Waals surface area contributed by atoms with Crippen LogP contribution in [0.3, 0.4) is 0 Å². The van der Waals surface area contributed by atoms with Crippen molar-refractivity contribution in [3.63, 3.8) is 0 Å². The molecule has 0 aromatic heterocycles. The number of rotatable bonds is 4. The molecule has 1 aliphatic carbocycles. The van der Waals surface area contributed by atoms with E-state index >= 15 is 0 Å². The number of hydrogen-bond donors (Lipinski definition) is 1. The van der Waals surface area contributed by atoms with Crippen molar-refractivity contribution in [2.75, 3.05) is 7.05 Å². The molecule has 90 valence electrons. The van der Waals surface area contributed by atoms with Gasteiger partial charge in [-0.25, -0.2) is 0 Å². The highest BCUT2D eigenvalue weighted by atomic mass is 14.9. The average molecular weight is 211 g/mol. The van der Waals surface area contributed by atoms with E-state index in [1.165, 1.54) is 25.7 Å². The largest absolute Gasteiger partial charge is 0.316 e. The van der Waals surface area contributed by atoms with E-state index in [0.717, 1.165) is 29.7 Å². The van der Waals surface area contributed by atoms with Gasteiger partial charge in [-0.3, -0.25) is 0 Å². The summed E-state index contributed by atoms with van der Waals surface area (Å²) in [6, 6.07) is 0.734. The van der Waals surface area contributed by atoms with Crippen LogP contribution < -0.4 is 5.32 Å². The highest BCUT2D eigenvalue weighted by molar-refractivity contribution is 4.84. The SMILES string of the molecule is CNC(C1CCC(C)CC1)C(C)C(C)C. The van der Waals surface area contributed by atoms with Crippen LogP contribution in [-0.4, -0.2) is 13.1 Å². The zero-order valence-electron chi connectivity index (χ0n) is 11.2. The van der Waals surface area contributed by atoms with Crippen LogP contribution in [0.4, 0.5) is 0 Å². The lowest BCUT2D eigenvalue weighted by Gasteiger charge is -2.37. The lowest BCUT2D eigenvalue weighted by atomic mass is 9.73. The van der Waals surface area contributed by atoms with Gasteiger partial charge in [0, 0.05) is 6.04 Å². The maximum atomic E-state index is 3.57. The molecule has 2 unspecified atom stereocenters. The Morgan fingerprint density at radius 2 is 1.53 bits per heavy atom. The van der Waals surface area contributed by atoms with E-state index in [0.29, 0.717) is 0 Å². The summed E-state index contributed by atoms with van der Waals surface area (Å²) in [5.41, 5.74) is 0. The summed E-state index contributed by atoms with van der Waals surface area (Å²) in [6.07, 6.45) is 5.74. The average Bonchev–Trinajstić information content (AvgIpc) is 2.21. The molecule has 15 heavy (non-hydrogen) atoms. The minimum Gasteiger partial charge on any atom is -0.316 e. The standard InChI is InChI=1S/C14H29N/c1-10(2)12(4)14(15-5)13-8-6-11(3)7-9-13/h10-15H,6-9H2,1-5H3. The molecule has 0 amide bonds. The van der Waals surface area contributed by atoms with Crippen LogP contribution in [0, 0.1) is 23.7 Å². The van der Waals surface area contributed by atoms with Crippen LogP contribution in [0.1, 0.15) is 53.4 Å². The summed E-state index contributed by atoms with van der Waals surface area (Å²) >= 11 is 0. The van der Waals surface area contributed by atoms with Gasteiger partial charge in [-0.15, -0.1) is 0 Å². The van der Waals surface area contributed by atoms with Gasteiger partial charge in [0.25, 0.3) is 0 Å². The summed E-state index contributed by atoms with van der Waals surface area (Å²) in [5.74, 6) is 3.48. The second-order valence-corrected chi connectivity index (χ2v) is 5.94. The Hall–Kier alpha value is -0.0400. The molecule has 0 aromatic carbocycles. The molecule has 0 spiro atoms. The highest BCUT2D eigenvalue weighted by Crippen LogP contribution is 2.34. The van der Waals surface area contributed by atoms with Crippen molar-refractivity contribution in [2.45, 2.75) is 59.4 Å². The zero-order valence-corrected chi connectivity index (χ0v) is 11.2. The molecule has 1 saturated carbocycles. The van der Waals surface area contributed by atoms with E-state index in [4.69, 9.17) is 0 Å². The molecular formula is C14H29N. The fourth-order valence-electron chi connectivity index (χ4n) is 2.99. The van der Waals surface area contributed by atoms with Gasteiger partial charge in [0.15, 0.2) is 0 Å². The van der Waals surface area contributed by atoms with Crippen molar-refractivity contribution < 1.29 is 0 Å². The summed E-state index contributed by atoms with van der Waals surface area (Å²) in [6.45, 7) is 9.50. The van der Waals surface area contributed by atoms with Crippen molar-refractivity contribution in [1.82, 2.24) is 5.32 Å². The first-order valence-electron chi connectivity index (χ1n) is 6.73. The van der Waals surface area contributed by atoms with Gasteiger partial charge in [-0.2, -0.15) is 0 Å². The van der Waals surface area contributed by atoms with Gasteiger partial charge in [0.05, 0.1) is 0 Å². The van der Waals surface area contributed by atoms with Crippen LogP contribution >= 0.6 is 0 Å². The Balaban J connectivity index is 2.51. The maximum Gasteiger partial charge on any atom is 0.0120 e. The molecule has 1 rings (SSSR count). The first-order chi connectivity index (χ1) is 7.06. The van der Waals surface area contributed by atoms with Gasteiger partial charge >= 0.3 is 0 Å². The Kier molecular flexibility index (Phi) is 5.11. The van der Waals surface area contributed by atoms with E-state index in [9.17, 15) is 0 Å². The third kappa shape index (κ3) is 3.48. The zero-order chi connectivity index (χ0) is 11.4. The summed E-state index contributed by atoms with van der Waals surface area (Å²) in [4.78, 5) is 0. The molecule has 1 nitrogen and oxygen atoms in total. The summed E-state index contributed by atoms with van der Waals surface area (Å²) in [7, 11) is 2.14. The predicted molar refractivity (Wildman–Crippen MR) is 68.0 cm³/mol. The summed E-state index contributed by atoms with van der Waals surface area (Å²) < 4.78 is 0. The number of nitrogens with one attached hydrogen (secondary N) is 1. The van der Waals surface area contributed by atoms with Crippen molar-refractivity contribution in [2.24, 2.45) is 23.7 Å². The van der Waals surface area contributed by atoms with Crippen LogP contribution in [-0.2, 0) is 0 Å². The third-order valence-electron chi connectivity index (χ3n) is 4.52. The molecule has 1 N–H and O–H groups in total. The van der Waals surface area contributed by atoms with Crippen molar-refractivity contribution in [3.8, 4) is 0 Å². The first-order valence-corrected chi connectivity index (χ1v) is 6.73. The maximum absolute atomic E-state index is 3.57. The van der Waals surface area contributed by atoms with Gasteiger partial charge in [-0.05, 0) is 43.6 Å². The van der Waals surface area contributed by atoms with Crippen LogP contribution in [0.15, 0.2) is 0 Å². The molecule has 0 saturated heterocycles. The summed E-state index contributed by atoms with van der Waals surface area (Å²) in [5, 5.41) is 3.57. The minimum absolute atomic E-state index is 0.734. The molecule has 0 radical (unpaired) electrons. The molecule has 0 heterocycles. The highest BCUT2D eigenvalue weighted by Gasteiger charge is 2.29. The smallest absolute Gasteiger partial charge is 0.0120 e. The van der Waals surface area contributed by atoms with E-state index in [2.05, 4.69) is 40.1 Å². The van der Waals surface area contributed by atoms with E-state index in [1.54, 1.807) is 0 Å². The Labute approximate surface area is 96.0 Å². The van der Waals surface area contributed by atoms with Gasteiger partial charge in [0.2, 0.25) is 0 Å². The van der Waals surface area contributed by atoms with Gasteiger partial charge in [-0.1, -0.05) is 40.5 Å². The van der Waals surface area contributed by atoms with E-state index in [-0.39, 0.29) is 0 Å². The topological polar surface area (TPSA) is 12.0 Å². The molecule has 0 aliphatic heterocycles. The third-order valence-corrected chi connectivity index (χ3v) is 4.52. The van der Waals surface area contributed by atoms with Crippen molar-refractivity contribution in [3.05, 3.63) is 0 Å².